The van der Waals surface area contributed by atoms with Crippen molar-refractivity contribution < 1.29 is 8.83 Å². The normalized spacial score (nSPS) is 11.5. The molecule has 4 nitrogen and oxygen atoms in total. The fourth-order valence-electron chi connectivity index (χ4n) is 19.4. The molecule has 2 heterocycles. The van der Waals surface area contributed by atoms with Gasteiger partial charge in [-0.15, -0.1) is 0 Å². The molecule has 0 amide bonds. The zero-order valence-electron chi connectivity index (χ0n) is 68.7. The molecule has 25 rings (SSSR count). The number of rotatable bonds is 11. The van der Waals surface area contributed by atoms with Gasteiger partial charge in [0.2, 0.25) is 11.8 Å². The highest BCUT2D eigenvalue weighted by Crippen LogP contribution is 2.51. The van der Waals surface area contributed by atoms with Gasteiger partial charge >= 0.3 is 0 Å². The summed E-state index contributed by atoms with van der Waals surface area (Å²) >= 11 is 0. The largest absolute Gasteiger partial charge is 0.436 e. The third-order valence-electron chi connectivity index (χ3n) is 25.0. The second-order valence-corrected chi connectivity index (χ2v) is 32.3. The highest BCUT2D eigenvalue weighted by atomic mass is 16.4. The van der Waals surface area contributed by atoms with Gasteiger partial charge in [-0.2, -0.15) is 0 Å². The molecule has 0 N–H and O–H groups in total. The first-order valence-corrected chi connectivity index (χ1v) is 43.1. The maximum absolute atomic E-state index is 6.23. The summed E-state index contributed by atoms with van der Waals surface area (Å²) < 4.78 is 12.4. The predicted molar refractivity (Wildman–Crippen MR) is 532 cm³/mol. The fraction of sp³-hybridized carbons (Fsp3) is 0. The lowest BCUT2D eigenvalue weighted by Crippen LogP contribution is -1.92. The lowest BCUT2D eigenvalue weighted by Gasteiger charge is -2.19. The molecule has 23 aromatic carbocycles. The molecule has 4 heteroatoms. The van der Waals surface area contributed by atoms with E-state index in [9.17, 15) is 0 Å². The quantitative estimate of drug-likeness (QED) is 0.121. The molecule has 0 unspecified atom stereocenters. The van der Waals surface area contributed by atoms with E-state index in [0.29, 0.717) is 11.8 Å². The third kappa shape index (κ3) is 13.4. The molecule has 0 aliphatic rings. The third-order valence-corrected chi connectivity index (χ3v) is 25.0. The van der Waals surface area contributed by atoms with Crippen LogP contribution >= 0.6 is 0 Å². The van der Waals surface area contributed by atoms with E-state index in [1.807, 2.05) is 66.7 Å². The summed E-state index contributed by atoms with van der Waals surface area (Å²) in [6, 6.07) is 169. The smallest absolute Gasteiger partial charge is 0.227 e. The van der Waals surface area contributed by atoms with Crippen LogP contribution in [0.5, 0.6) is 0 Å². The summed E-state index contributed by atoms with van der Waals surface area (Å²) in [5.74, 6) is 1.28. The fourth-order valence-corrected chi connectivity index (χ4v) is 19.4. The van der Waals surface area contributed by atoms with Crippen LogP contribution in [0.4, 0.5) is 0 Å². The molecule has 0 saturated heterocycles. The van der Waals surface area contributed by atoms with E-state index in [1.165, 1.54) is 175 Å². The van der Waals surface area contributed by atoms with Crippen LogP contribution in [0, 0.1) is 0 Å². The van der Waals surface area contributed by atoms with Gasteiger partial charge in [-0.3, -0.25) is 0 Å². The first-order chi connectivity index (χ1) is 62.5. The van der Waals surface area contributed by atoms with Crippen LogP contribution < -0.4 is 0 Å². The Labute approximate surface area is 729 Å². The van der Waals surface area contributed by atoms with Gasteiger partial charge in [-0.1, -0.05) is 413 Å². The Morgan fingerprint density at radius 3 is 0.786 bits per heavy atom. The monoisotopic (exact) mass is 1600 g/mol. The van der Waals surface area contributed by atoms with Gasteiger partial charge in [0.05, 0.1) is 0 Å². The summed E-state index contributed by atoms with van der Waals surface area (Å²) in [5, 5.41) is 22.6. The van der Waals surface area contributed by atoms with Crippen LogP contribution in [0.2, 0.25) is 0 Å². The van der Waals surface area contributed by atoms with E-state index in [4.69, 9.17) is 18.8 Å². The maximum atomic E-state index is 6.23. The first kappa shape index (κ1) is 74.4. The van der Waals surface area contributed by atoms with Crippen LogP contribution in [-0.4, -0.2) is 9.97 Å². The highest BCUT2D eigenvalue weighted by Gasteiger charge is 2.24. The van der Waals surface area contributed by atoms with Gasteiger partial charge in [0.25, 0.3) is 0 Å². The van der Waals surface area contributed by atoms with Crippen molar-refractivity contribution in [1.29, 1.82) is 0 Å². The molecular weight excluding hydrogens is 1530 g/mol. The van der Waals surface area contributed by atoms with Crippen molar-refractivity contribution >= 4 is 119 Å². The number of oxazole rings is 2. The summed E-state index contributed by atoms with van der Waals surface area (Å²) in [6.07, 6.45) is 0. The van der Waals surface area contributed by atoms with E-state index in [1.54, 1.807) is 0 Å². The Balaban J connectivity index is 0.000000109. The standard InChI is InChI=1S/2C43H27NO.C36H24/c1-3-12-28(13-4-1)41-35-17-7-9-19-37(35)42(38-20-10-8-18-36(38)41)34-21-11-16-32-26-30(22-24-33(32)34)31-23-25-39-40(27-31)45-43(44-39)29-14-5-2-6-15-29;1-3-12-29(13-4-1)41-33-17-7-9-19-35(33)42(36-20-10-8-18-34(36)41)37-21-11-16-28-22-23-31(26-38(28)37)32-24-25-39-40(27-32)45-43(44-39)30-14-5-2-6-15-30;1-3-13-25(14-4-1)27-23-24-34(29-18-8-7-17-28(27)29)36-32-21-11-9-19-30(32)35(26-15-5-2-6-16-26)31-20-10-12-22-33(31)36/h2*1-27H;1-24H. The van der Waals surface area contributed by atoms with Gasteiger partial charge in [0.1, 0.15) is 11.0 Å². The van der Waals surface area contributed by atoms with Crippen LogP contribution in [0.1, 0.15) is 0 Å². The number of benzene rings is 23. The second kappa shape index (κ2) is 32.1. The van der Waals surface area contributed by atoms with Gasteiger partial charge in [0, 0.05) is 11.1 Å². The Kier molecular flexibility index (Phi) is 18.9. The minimum absolute atomic E-state index is 0.640. The molecule has 0 fully saturated rings. The van der Waals surface area contributed by atoms with E-state index in [2.05, 4.69) is 406 Å². The lowest BCUT2D eigenvalue weighted by atomic mass is 9.84. The molecule has 0 aliphatic carbocycles. The SMILES string of the molecule is c1ccc(-c2ccc(-c3c4ccccc4c(-c4ccccc4)c4ccccc34)c3ccccc23)cc1.c1ccc(-c2nc3ccc(-c4ccc5c(-c6c7ccccc7c(-c7ccccc7)c7ccccc67)cccc5c4)cc3o2)cc1.c1ccc(-c2nc3ccc(-c4ccc5cccc(-c6c7ccccc7c(-c7ccccc7)c7ccccc67)c5c4)cc3o2)cc1. The van der Waals surface area contributed by atoms with Crippen molar-refractivity contribution in [2.45, 2.75) is 0 Å². The minimum atomic E-state index is 0.640. The van der Waals surface area contributed by atoms with Crippen molar-refractivity contribution in [3.8, 4) is 123 Å². The van der Waals surface area contributed by atoms with Gasteiger partial charge in [0.15, 0.2) is 11.2 Å². The summed E-state index contributed by atoms with van der Waals surface area (Å²) in [6.45, 7) is 0. The van der Waals surface area contributed by atoms with Crippen LogP contribution in [0.25, 0.3) is 242 Å². The van der Waals surface area contributed by atoms with Crippen molar-refractivity contribution in [3.05, 3.63) is 473 Å². The van der Waals surface area contributed by atoms with Crippen molar-refractivity contribution in [2.24, 2.45) is 0 Å². The second-order valence-electron chi connectivity index (χ2n) is 32.3. The molecule has 0 saturated carbocycles. The van der Waals surface area contributed by atoms with E-state index < -0.39 is 0 Å². The summed E-state index contributed by atoms with van der Waals surface area (Å²) in [4.78, 5) is 9.46. The van der Waals surface area contributed by atoms with Gasteiger partial charge < -0.3 is 8.83 Å². The van der Waals surface area contributed by atoms with Crippen molar-refractivity contribution in [1.82, 2.24) is 9.97 Å². The highest BCUT2D eigenvalue weighted by molar-refractivity contribution is 6.27. The molecule has 0 bridgehead atoms. The molecule has 0 radical (unpaired) electrons. The molecule has 0 spiro atoms. The Hall–Kier alpha value is -16.7. The van der Waals surface area contributed by atoms with E-state index in [0.717, 1.165) is 55.6 Å². The minimum Gasteiger partial charge on any atom is -0.436 e. The molecule has 126 heavy (non-hydrogen) atoms. The Bertz CT molecular complexity index is 8320. The molecule has 25 aromatic rings. The maximum Gasteiger partial charge on any atom is 0.227 e. The van der Waals surface area contributed by atoms with E-state index in [-0.39, 0.29) is 0 Å². The molecule has 2 aromatic heterocycles. The number of aromatic nitrogens is 2. The van der Waals surface area contributed by atoms with E-state index >= 15 is 0 Å². The van der Waals surface area contributed by atoms with Gasteiger partial charge in [-0.25, -0.2) is 9.97 Å². The molecular formula is C122H78N2O2. The lowest BCUT2D eigenvalue weighted by molar-refractivity contribution is 0.619. The molecule has 0 atom stereocenters. The van der Waals surface area contributed by atoms with Crippen LogP contribution in [-0.2, 0) is 0 Å². The Morgan fingerprint density at radius 2 is 0.405 bits per heavy atom. The number of hydrogen-bond donors (Lipinski definition) is 0. The first-order valence-electron chi connectivity index (χ1n) is 43.1. The number of nitrogens with zero attached hydrogens (tertiary/aromatic N) is 2. The van der Waals surface area contributed by atoms with Crippen LogP contribution in [0.15, 0.2) is 482 Å². The summed E-state index contributed by atoms with van der Waals surface area (Å²) in [5.41, 5.74) is 27.4. The average Bonchev–Trinajstić information content (AvgIpc) is 0.806. The van der Waals surface area contributed by atoms with Crippen LogP contribution in [0.3, 0.4) is 0 Å². The summed E-state index contributed by atoms with van der Waals surface area (Å²) in [7, 11) is 0. The molecule has 588 valence electrons. The zero-order valence-corrected chi connectivity index (χ0v) is 68.7. The number of fused-ring (bicyclic) bond motifs is 11. The topological polar surface area (TPSA) is 52.1 Å². The number of hydrogen-bond acceptors (Lipinski definition) is 4. The predicted octanol–water partition coefficient (Wildman–Crippen LogP) is 34.1. The van der Waals surface area contributed by atoms with Crippen molar-refractivity contribution in [3.63, 3.8) is 0 Å². The van der Waals surface area contributed by atoms with Gasteiger partial charge in [-0.05, 0) is 258 Å². The zero-order chi connectivity index (χ0) is 83.4. The Morgan fingerprint density at radius 1 is 0.135 bits per heavy atom. The molecule has 0 aliphatic heterocycles. The average molecular weight is 1600 g/mol. The van der Waals surface area contributed by atoms with Crippen molar-refractivity contribution in [2.75, 3.05) is 0 Å².